The van der Waals surface area contributed by atoms with E-state index in [1.54, 1.807) is 0 Å². The second-order valence-corrected chi connectivity index (χ2v) is 18.2. The van der Waals surface area contributed by atoms with E-state index in [1.807, 2.05) is 0 Å². The van der Waals surface area contributed by atoms with Crippen molar-refractivity contribution >= 4 is 109 Å². The van der Waals surface area contributed by atoms with Gasteiger partial charge in [-0.3, -0.25) is 0 Å². The molecule has 15 aromatic rings. The van der Waals surface area contributed by atoms with Gasteiger partial charge >= 0.3 is 0 Å². The van der Waals surface area contributed by atoms with Gasteiger partial charge in [-0.05, 0) is 144 Å². The molecule has 69 heavy (non-hydrogen) atoms. The molecule has 0 spiro atoms. The SMILES string of the molecule is c1ccc(-n2c3ccccc3c3cc(-n4c5cccc(c5)c5cccc(c5)n(-c5ccc6c(c5)c5ccccc5n6-c5cccc6ccccc56)c5ccc6oc7ccc4cc7c6c5)ccc32)cc1. The van der Waals surface area contributed by atoms with Gasteiger partial charge in [0, 0.05) is 76.8 Å². The summed E-state index contributed by atoms with van der Waals surface area (Å²) in [6, 6.07) is 88.5. The average Bonchev–Trinajstić information content (AvgIpc) is 4.06. The van der Waals surface area contributed by atoms with Crippen molar-refractivity contribution in [3.63, 3.8) is 0 Å². The van der Waals surface area contributed by atoms with Crippen LogP contribution in [0.5, 0.6) is 0 Å². The summed E-state index contributed by atoms with van der Waals surface area (Å²) in [5.74, 6) is 0. The van der Waals surface area contributed by atoms with E-state index in [2.05, 4.69) is 261 Å². The van der Waals surface area contributed by atoms with Crippen molar-refractivity contribution in [2.45, 2.75) is 0 Å². The first-order chi connectivity index (χ1) is 34.2. The van der Waals surface area contributed by atoms with Gasteiger partial charge in [-0.15, -0.1) is 0 Å². The van der Waals surface area contributed by atoms with Crippen molar-refractivity contribution in [1.29, 1.82) is 0 Å². The molecule has 0 saturated heterocycles. The molecule has 0 radical (unpaired) electrons. The van der Waals surface area contributed by atoms with Crippen molar-refractivity contribution in [3.8, 4) is 22.7 Å². The molecular weight excluding hydrogens is 841 g/mol. The van der Waals surface area contributed by atoms with Gasteiger partial charge in [0.1, 0.15) is 11.2 Å². The number of nitrogens with zero attached hydrogens (tertiary/aromatic N) is 4. The highest BCUT2D eigenvalue weighted by molar-refractivity contribution is 6.13. The van der Waals surface area contributed by atoms with Crippen molar-refractivity contribution in [2.75, 3.05) is 0 Å². The summed E-state index contributed by atoms with van der Waals surface area (Å²) in [4.78, 5) is 0. The molecule has 0 amide bonds. The molecule has 0 aliphatic rings. The van der Waals surface area contributed by atoms with Crippen LogP contribution in [0.4, 0.5) is 0 Å². The number of hydrogen-bond donors (Lipinski definition) is 0. The summed E-state index contributed by atoms with van der Waals surface area (Å²) in [5, 5.41) is 11.7. The smallest absolute Gasteiger partial charge is 0.135 e. The average molecular weight is 881 g/mol. The Kier molecular flexibility index (Phi) is 8.00. The monoisotopic (exact) mass is 880 g/mol. The first kappa shape index (κ1) is 37.9. The Labute approximate surface area is 395 Å². The van der Waals surface area contributed by atoms with E-state index in [4.69, 9.17) is 4.42 Å². The van der Waals surface area contributed by atoms with Gasteiger partial charge in [0.15, 0.2) is 0 Å². The summed E-state index contributed by atoms with van der Waals surface area (Å²) in [5.41, 5.74) is 15.1. The third-order valence-corrected chi connectivity index (χ3v) is 14.3. The van der Waals surface area contributed by atoms with Crippen LogP contribution >= 0.6 is 0 Å². The normalized spacial score (nSPS) is 12.1. The highest BCUT2D eigenvalue weighted by atomic mass is 16.3. The van der Waals surface area contributed by atoms with Gasteiger partial charge in [-0.1, -0.05) is 115 Å². The molecule has 5 nitrogen and oxygen atoms in total. The summed E-state index contributed by atoms with van der Waals surface area (Å²) >= 11 is 0. The largest absolute Gasteiger partial charge is 0.456 e. The first-order valence-corrected chi connectivity index (χ1v) is 23.6. The van der Waals surface area contributed by atoms with Gasteiger partial charge in [0.25, 0.3) is 0 Å². The maximum absolute atomic E-state index is 6.64. The maximum atomic E-state index is 6.64. The zero-order valence-electron chi connectivity index (χ0n) is 37.3. The molecule has 11 aromatic carbocycles. The maximum Gasteiger partial charge on any atom is 0.135 e. The fourth-order valence-electron chi connectivity index (χ4n) is 11.3. The lowest BCUT2D eigenvalue weighted by Gasteiger charge is -2.14. The molecule has 5 heteroatoms. The molecule has 8 bridgehead atoms. The predicted octanol–water partition coefficient (Wildman–Crippen LogP) is 17.1. The van der Waals surface area contributed by atoms with Crippen LogP contribution in [-0.4, -0.2) is 18.3 Å². The number of hydrogen-bond acceptors (Lipinski definition) is 1. The Morgan fingerprint density at radius 3 is 1.32 bits per heavy atom. The van der Waals surface area contributed by atoms with Gasteiger partial charge < -0.3 is 22.7 Å². The van der Waals surface area contributed by atoms with E-state index in [9.17, 15) is 0 Å². The lowest BCUT2D eigenvalue weighted by molar-refractivity contribution is 0.669. The van der Waals surface area contributed by atoms with Gasteiger partial charge in [-0.2, -0.15) is 0 Å². The number of fused-ring (bicyclic) bond motifs is 14. The summed E-state index contributed by atoms with van der Waals surface area (Å²) in [7, 11) is 0. The van der Waals surface area contributed by atoms with E-state index >= 15 is 0 Å². The third kappa shape index (κ3) is 5.71. The Morgan fingerprint density at radius 2 is 0.696 bits per heavy atom. The number of para-hydroxylation sites is 3. The van der Waals surface area contributed by atoms with Crippen LogP contribution < -0.4 is 0 Å². The lowest BCUT2D eigenvalue weighted by Crippen LogP contribution is -1.98. The minimum atomic E-state index is 0.851. The molecule has 0 saturated carbocycles. The molecule has 15 rings (SSSR count). The minimum absolute atomic E-state index is 0.851. The van der Waals surface area contributed by atoms with Crippen molar-refractivity contribution in [1.82, 2.24) is 18.3 Å². The second-order valence-electron chi connectivity index (χ2n) is 18.2. The van der Waals surface area contributed by atoms with E-state index in [-0.39, 0.29) is 0 Å². The molecule has 322 valence electrons. The van der Waals surface area contributed by atoms with E-state index < -0.39 is 0 Å². The van der Waals surface area contributed by atoms with Gasteiger partial charge in [-0.25, -0.2) is 0 Å². The van der Waals surface area contributed by atoms with E-state index in [0.717, 1.165) is 71.8 Å². The standard InChI is InChI=1S/C64H40N4O/c1-2-17-44(18-3-1)67-59-24-8-6-22-52(59)54-37-47(27-31-61(54)67)65-45-19-10-15-42(35-45)43-16-11-20-46(36-43)66(50-30-34-64-57(40-50)56-39-49(65)29-33-63(56)69-64)48-28-32-62-55(38-48)53-23-7-9-25-60(53)68(62)58-26-12-14-41-13-4-5-21-51(41)58/h1-40H. The van der Waals surface area contributed by atoms with Crippen LogP contribution in [-0.2, 0) is 0 Å². The molecule has 0 aliphatic heterocycles. The second kappa shape index (κ2) is 14.6. The Balaban J connectivity index is 1.01. The van der Waals surface area contributed by atoms with E-state index in [0.29, 0.717) is 0 Å². The molecule has 4 aromatic heterocycles. The Hall–Kier alpha value is -9.32. The van der Waals surface area contributed by atoms with Crippen LogP contribution in [0.15, 0.2) is 247 Å². The lowest BCUT2D eigenvalue weighted by atomic mass is 10.1. The van der Waals surface area contributed by atoms with Crippen LogP contribution in [0.25, 0.3) is 132 Å². The fraction of sp³-hybridized carbons (Fsp3) is 0. The predicted molar refractivity (Wildman–Crippen MR) is 289 cm³/mol. The molecule has 0 fully saturated rings. The highest BCUT2D eigenvalue weighted by Crippen LogP contribution is 2.39. The van der Waals surface area contributed by atoms with Gasteiger partial charge in [0.05, 0.1) is 27.8 Å². The zero-order chi connectivity index (χ0) is 45.2. The van der Waals surface area contributed by atoms with Crippen molar-refractivity contribution in [3.05, 3.63) is 243 Å². The van der Waals surface area contributed by atoms with Crippen molar-refractivity contribution in [2.24, 2.45) is 0 Å². The first-order valence-electron chi connectivity index (χ1n) is 23.6. The Bertz CT molecular complexity index is 4670. The van der Waals surface area contributed by atoms with Crippen LogP contribution in [0.1, 0.15) is 0 Å². The summed E-state index contributed by atoms with van der Waals surface area (Å²) in [6.07, 6.45) is 0. The number of rotatable bonds is 4. The van der Waals surface area contributed by atoms with Gasteiger partial charge in [0.2, 0.25) is 0 Å². The van der Waals surface area contributed by atoms with Crippen LogP contribution in [0.2, 0.25) is 0 Å². The van der Waals surface area contributed by atoms with Crippen molar-refractivity contribution < 1.29 is 4.42 Å². The summed E-state index contributed by atoms with van der Waals surface area (Å²) < 4.78 is 16.2. The number of furan rings is 1. The molecule has 0 unspecified atom stereocenters. The zero-order valence-corrected chi connectivity index (χ0v) is 37.3. The number of aromatic nitrogens is 4. The minimum Gasteiger partial charge on any atom is -0.456 e. The molecule has 4 heterocycles. The molecule has 0 aliphatic carbocycles. The quantitative estimate of drug-likeness (QED) is 0.173. The van der Waals surface area contributed by atoms with Crippen LogP contribution in [0, 0.1) is 0 Å². The third-order valence-electron chi connectivity index (χ3n) is 14.3. The Morgan fingerprint density at radius 1 is 0.232 bits per heavy atom. The molecule has 0 N–H and O–H groups in total. The molecular formula is C64H40N4O. The topological polar surface area (TPSA) is 32.9 Å². The van der Waals surface area contributed by atoms with E-state index in [1.165, 1.54) is 60.1 Å². The summed E-state index contributed by atoms with van der Waals surface area (Å²) in [6.45, 7) is 0. The molecule has 0 atom stereocenters. The number of benzene rings is 11. The van der Waals surface area contributed by atoms with Crippen LogP contribution in [0.3, 0.4) is 0 Å². The highest BCUT2D eigenvalue weighted by Gasteiger charge is 2.18. The fourth-order valence-corrected chi connectivity index (χ4v) is 11.3.